The van der Waals surface area contributed by atoms with Gasteiger partial charge in [-0.25, -0.2) is 0 Å². The average Bonchev–Trinajstić information content (AvgIpc) is 2.79. The summed E-state index contributed by atoms with van der Waals surface area (Å²) in [6.45, 7) is 6.61. The molecule has 2 fully saturated rings. The summed E-state index contributed by atoms with van der Waals surface area (Å²) in [7, 11) is 0. The predicted molar refractivity (Wildman–Crippen MR) is 114 cm³/mol. The zero-order valence-electron chi connectivity index (χ0n) is 16.6. The molecule has 10 nitrogen and oxygen atoms in total. The van der Waals surface area contributed by atoms with Gasteiger partial charge >= 0.3 is 0 Å². The number of quaternary nitrogens is 1. The standard InChI is InChI=1S/C20H24N6O4/c27-25(28)17-3-1-16(2-4-17)23-11-13-24(14-12-23)20-15-18(5-6-19(20)26(29)30)22-9-7-21-8-10-22/h1-6,15,21H,7-14H2/p+1. The fourth-order valence-corrected chi connectivity index (χ4v) is 4.12. The summed E-state index contributed by atoms with van der Waals surface area (Å²) in [6, 6.07) is 11.9. The van der Waals surface area contributed by atoms with Gasteiger partial charge in [0.1, 0.15) is 5.69 Å². The molecule has 0 amide bonds. The second kappa shape index (κ2) is 8.54. The molecule has 2 aromatic carbocycles. The molecular weight excluding hydrogens is 388 g/mol. The highest BCUT2D eigenvalue weighted by Gasteiger charge is 2.26. The van der Waals surface area contributed by atoms with Gasteiger partial charge in [-0.2, -0.15) is 0 Å². The Bertz CT molecular complexity index is 921. The summed E-state index contributed by atoms with van der Waals surface area (Å²) < 4.78 is 0. The van der Waals surface area contributed by atoms with Gasteiger partial charge in [-0.3, -0.25) is 20.2 Å². The maximum atomic E-state index is 11.6. The van der Waals surface area contributed by atoms with Crippen LogP contribution in [0.5, 0.6) is 0 Å². The lowest BCUT2D eigenvalue weighted by atomic mass is 10.1. The van der Waals surface area contributed by atoms with Gasteiger partial charge in [0.2, 0.25) is 0 Å². The molecule has 158 valence electrons. The number of anilines is 3. The third kappa shape index (κ3) is 4.13. The fraction of sp³-hybridized carbons (Fsp3) is 0.400. The Kier molecular flexibility index (Phi) is 5.66. The zero-order valence-corrected chi connectivity index (χ0v) is 16.6. The molecule has 2 heterocycles. The van der Waals surface area contributed by atoms with Crippen LogP contribution in [0.15, 0.2) is 42.5 Å². The van der Waals surface area contributed by atoms with Gasteiger partial charge in [-0.1, -0.05) is 0 Å². The van der Waals surface area contributed by atoms with Crippen molar-refractivity contribution in [1.29, 1.82) is 0 Å². The van der Waals surface area contributed by atoms with Crippen LogP contribution < -0.4 is 20.0 Å². The van der Waals surface area contributed by atoms with E-state index in [1.807, 2.05) is 12.1 Å². The van der Waals surface area contributed by atoms with E-state index in [4.69, 9.17) is 0 Å². The van der Waals surface area contributed by atoms with Gasteiger partial charge < -0.3 is 20.0 Å². The Hall–Kier alpha value is -3.40. The van der Waals surface area contributed by atoms with Crippen molar-refractivity contribution in [2.45, 2.75) is 0 Å². The van der Waals surface area contributed by atoms with Crippen molar-refractivity contribution in [3.63, 3.8) is 0 Å². The van der Waals surface area contributed by atoms with Crippen molar-refractivity contribution in [3.05, 3.63) is 62.7 Å². The number of hydrogen-bond donors (Lipinski definition) is 1. The minimum absolute atomic E-state index is 0.0696. The summed E-state index contributed by atoms with van der Waals surface area (Å²) in [4.78, 5) is 28.2. The van der Waals surface area contributed by atoms with Gasteiger partial charge in [-0.15, -0.1) is 0 Å². The predicted octanol–water partition coefficient (Wildman–Crippen LogP) is 1.21. The van der Waals surface area contributed by atoms with Crippen LogP contribution in [0.4, 0.5) is 28.4 Å². The molecule has 0 radical (unpaired) electrons. The second-order valence-corrected chi connectivity index (χ2v) is 7.53. The number of nitro benzene ring substituents is 2. The maximum Gasteiger partial charge on any atom is 0.292 e. The van der Waals surface area contributed by atoms with Crippen molar-refractivity contribution >= 4 is 28.4 Å². The lowest BCUT2D eigenvalue weighted by Gasteiger charge is -2.37. The largest absolute Gasteiger partial charge is 0.368 e. The van der Waals surface area contributed by atoms with E-state index in [-0.39, 0.29) is 16.3 Å². The number of benzene rings is 2. The fourth-order valence-electron chi connectivity index (χ4n) is 4.12. The third-order valence-corrected chi connectivity index (χ3v) is 5.77. The highest BCUT2D eigenvalue weighted by atomic mass is 16.6. The van der Waals surface area contributed by atoms with Crippen LogP contribution in [0.25, 0.3) is 0 Å². The molecule has 0 aromatic heterocycles. The van der Waals surface area contributed by atoms with E-state index < -0.39 is 4.92 Å². The van der Waals surface area contributed by atoms with Crippen LogP contribution in [0.1, 0.15) is 0 Å². The molecule has 0 spiro atoms. The number of rotatable bonds is 5. The van der Waals surface area contributed by atoms with E-state index >= 15 is 0 Å². The van der Waals surface area contributed by atoms with Gasteiger partial charge in [0.05, 0.1) is 36.0 Å². The first-order valence-electron chi connectivity index (χ1n) is 10.1. The molecule has 0 aliphatic carbocycles. The van der Waals surface area contributed by atoms with E-state index in [0.717, 1.165) is 37.6 Å². The summed E-state index contributed by atoms with van der Waals surface area (Å²) >= 11 is 0. The minimum atomic E-state index is -0.409. The van der Waals surface area contributed by atoms with Gasteiger partial charge in [0, 0.05) is 55.8 Å². The van der Waals surface area contributed by atoms with Crippen LogP contribution in [0, 0.1) is 20.2 Å². The Morgan fingerprint density at radius 2 is 1.27 bits per heavy atom. The Morgan fingerprint density at radius 1 is 0.700 bits per heavy atom. The minimum Gasteiger partial charge on any atom is -0.368 e. The topological polar surface area (TPSA) is 113 Å². The number of non-ortho nitro benzene ring substituents is 1. The van der Waals surface area contributed by atoms with Crippen molar-refractivity contribution in [3.8, 4) is 0 Å². The highest BCUT2D eigenvalue weighted by Crippen LogP contribution is 2.34. The summed E-state index contributed by atoms with van der Waals surface area (Å²) in [5, 5.41) is 24.7. The molecule has 2 aromatic rings. The molecule has 0 bridgehead atoms. The monoisotopic (exact) mass is 413 g/mol. The first-order chi connectivity index (χ1) is 14.5. The van der Waals surface area contributed by atoms with E-state index in [0.29, 0.717) is 31.9 Å². The first kappa shape index (κ1) is 19.9. The summed E-state index contributed by atoms with van der Waals surface area (Å²) in [5.41, 5.74) is 2.82. The highest BCUT2D eigenvalue weighted by molar-refractivity contribution is 5.71. The lowest BCUT2D eigenvalue weighted by molar-refractivity contribution is -0.655. The number of hydrogen-bond acceptors (Lipinski definition) is 7. The number of nitrogens with two attached hydrogens (primary N) is 1. The van der Waals surface area contributed by atoms with Crippen LogP contribution in [0.2, 0.25) is 0 Å². The van der Waals surface area contributed by atoms with Crippen molar-refractivity contribution in [2.24, 2.45) is 0 Å². The lowest BCUT2D eigenvalue weighted by Crippen LogP contribution is -2.89. The molecule has 30 heavy (non-hydrogen) atoms. The van der Waals surface area contributed by atoms with Crippen molar-refractivity contribution < 1.29 is 15.2 Å². The molecule has 10 heteroatoms. The average molecular weight is 413 g/mol. The van der Waals surface area contributed by atoms with Gasteiger partial charge in [0.15, 0.2) is 0 Å². The van der Waals surface area contributed by atoms with E-state index in [1.165, 1.54) is 12.1 Å². The Balaban J connectivity index is 1.50. The summed E-state index contributed by atoms with van der Waals surface area (Å²) in [6.07, 6.45) is 0. The number of nitrogens with zero attached hydrogens (tertiary/aromatic N) is 5. The quantitative estimate of drug-likeness (QED) is 0.579. The normalized spacial score (nSPS) is 17.1. The van der Waals surface area contributed by atoms with E-state index in [1.54, 1.807) is 18.2 Å². The summed E-state index contributed by atoms with van der Waals surface area (Å²) in [5.74, 6) is 0. The smallest absolute Gasteiger partial charge is 0.292 e. The third-order valence-electron chi connectivity index (χ3n) is 5.77. The molecular formula is C20H25N6O4+. The SMILES string of the molecule is O=[N+]([O-])c1ccc(N2CCN(c3cc(N4CC[NH2+]CC4)ccc3[N+](=O)[O-])CC2)cc1. The van der Waals surface area contributed by atoms with Crippen LogP contribution in [0.3, 0.4) is 0 Å². The van der Waals surface area contributed by atoms with E-state index in [9.17, 15) is 20.2 Å². The van der Waals surface area contributed by atoms with E-state index in [2.05, 4.69) is 20.0 Å². The van der Waals surface area contributed by atoms with Crippen molar-refractivity contribution in [2.75, 3.05) is 67.1 Å². The molecule has 2 saturated heterocycles. The Labute approximate surface area is 174 Å². The molecule has 2 N–H and O–H groups in total. The molecule has 0 saturated carbocycles. The zero-order chi connectivity index (χ0) is 21.1. The number of piperazine rings is 2. The maximum absolute atomic E-state index is 11.6. The van der Waals surface area contributed by atoms with Crippen LogP contribution >= 0.6 is 0 Å². The molecule has 0 atom stereocenters. The molecule has 0 unspecified atom stereocenters. The first-order valence-corrected chi connectivity index (χ1v) is 10.1. The van der Waals surface area contributed by atoms with Gasteiger partial charge in [-0.05, 0) is 24.3 Å². The Morgan fingerprint density at radius 3 is 1.87 bits per heavy atom. The number of nitro groups is 2. The second-order valence-electron chi connectivity index (χ2n) is 7.53. The van der Waals surface area contributed by atoms with Crippen molar-refractivity contribution in [1.82, 2.24) is 0 Å². The molecule has 4 rings (SSSR count). The van der Waals surface area contributed by atoms with Gasteiger partial charge in [0.25, 0.3) is 11.4 Å². The van der Waals surface area contributed by atoms with Crippen LogP contribution in [-0.4, -0.2) is 62.2 Å². The molecule has 2 aliphatic heterocycles. The molecule has 2 aliphatic rings. The van der Waals surface area contributed by atoms with Crippen LogP contribution in [-0.2, 0) is 0 Å².